The van der Waals surface area contributed by atoms with E-state index in [4.69, 9.17) is 27.9 Å². The highest BCUT2D eigenvalue weighted by atomic mass is 35.5. The Labute approximate surface area is 183 Å². The van der Waals surface area contributed by atoms with Gasteiger partial charge in [-0.3, -0.25) is 4.40 Å². The van der Waals surface area contributed by atoms with Crippen LogP contribution in [0.4, 0.5) is 0 Å². The molecule has 0 saturated carbocycles. The second kappa shape index (κ2) is 8.25. The maximum atomic E-state index is 11.8. The summed E-state index contributed by atoms with van der Waals surface area (Å²) in [5.41, 5.74) is 1.59. The summed E-state index contributed by atoms with van der Waals surface area (Å²) in [6.45, 7) is 4.00. The molecule has 4 rings (SSSR count). The number of benzene rings is 1. The summed E-state index contributed by atoms with van der Waals surface area (Å²) in [6.07, 6.45) is 5.58. The minimum atomic E-state index is -3.58. The fourth-order valence-corrected chi connectivity index (χ4v) is 4.02. The third-order valence-corrected chi connectivity index (χ3v) is 5.77. The number of rotatable bonds is 3. The standard InChI is InChI=1S/C17H12Cl2N4O4S.C2H6/c1-27-11-6-10(24)13(18)12(14(11)19)9-5-8-7-21-17(28(2,25)26)22-15(8)23-4-3-20-16(9)23;1-2/h3-7,24H,1-2H3;1-2H3. The van der Waals surface area contributed by atoms with Crippen LogP contribution in [-0.4, -0.2) is 46.2 Å². The van der Waals surface area contributed by atoms with Gasteiger partial charge < -0.3 is 9.84 Å². The van der Waals surface area contributed by atoms with Gasteiger partial charge in [0, 0.05) is 47.4 Å². The summed E-state index contributed by atoms with van der Waals surface area (Å²) in [5, 5.41) is 10.6. The van der Waals surface area contributed by atoms with E-state index in [0.29, 0.717) is 27.8 Å². The van der Waals surface area contributed by atoms with E-state index >= 15 is 0 Å². The van der Waals surface area contributed by atoms with Crippen molar-refractivity contribution in [3.63, 3.8) is 0 Å². The highest BCUT2D eigenvalue weighted by Gasteiger charge is 2.22. The zero-order valence-corrected chi connectivity index (χ0v) is 18.8. The van der Waals surface area contributed by atoms with Crippen LogP contribution in [0.2, 0.25) is 10.0 Å². The fourth-order valence-electron chi connectivity index (χ4n) is 2.90. The lowest BCUT2D eigenvalue weighted by atomic mass is 10.0. The lowest BCUT2D eigenvalue weighted by Crippen LogP contribution is -2.06. The molecule has 0 spiro atoms. The molecule has 0 unspecified atom stereocenters. The van der Waals surface area contributed by atoms with Crippen LogP contribution in [0.15, 0.2) is 35.9 Å². The summed E-state index contributed by atoms with van der Waals surface area (Å²) < 4.78 is 30.4. The summed E-state index contributed by atoms with van der Waals surface area (Å²) in [7, 11) is -2.16. The largest absolute Gasteiger partial charge is 0.506 e. The summed E-state index contributed by atoms with van der Waals surface area (Å²) >= 11 is 12.8. The molecule has 0 aliphatic rings. The van der Waals surface area contributed by atoms with E-state index in [1.807, 2.05) is 13.8 Å². The molecule has 11 heteroatoms. The molecule has 0 radical (unpaired) electrons. The molecule has 1 N–H and O–H groups in total. The number of phenolic OH excluding ortho intramolecular Hbond substituents is 1. The van der Waals surface area contributed by atoms with Crippen molar-refractivity contribution in [1.82, 2.24) is 19.4 Å². The first kappa shape index (κ1) is 22.1. The molecule has 0 bridgehead atoms. The first-order valence-electron chi connectivity index (χ1n) is 8.80. The highest BCUT2D eigenvalue weighted by Crippen LogP contribution is 2.46. The van der Waals surface area contributed by atoms with Crippen LogP contribution in [-0.2, 0) is 9.84 Å². The van der Waals surface area contributed by atoms with Crippen LogP contribution in [0.5, 0.6) is 11.5 Å². The number of phenols is 1. The fraction of sp³-hybridized carbons (Fsp3) is 0.211. The van der Waals surface area contributed by atoms with E-state index in [1.165, 1.54) is 25.6 Å². The lowest BCUT2D eigenvalue weighted by molar-refractivity contribution is 0.408. The van der Waals surface area contributed by atoms with E-state index in [2.05, 4.69) is 15.0 Å². The Hall–Kier alpha value is -2.62. The molecule has 3 aromatic heterocycles. The highest BCUT2D eigenvalue weighted by molar-refractivity contribution is 7.90. The quantitative estimate of drug-likeness (QED) is 0.444. The smallest absolute Gasteiger partial charge is 0.248 e. The molecule has 0 atom stereocenters. The van der Waals surface area contributed by atoms with Crippen molar-refractivity contribution >= 4 is 49.7 Å². The third-order valence-electron chi connectivity index (χ3n) is 4.15. The van der Waals surface area contributed by atoms with Crippen molar-refractivity contribution in [3.05, 3.63) is 40.8 Å². The number of hydrogen-bond donors (Lipinski definition) is 1. The monoisotopic (exact) mass is 468 g/mol. The predicted molar refractivity (Wildman–Crippen MR) is 116 cm³/mol. The summed E-state index contributed by atoms with van der Waals surface area (Å²) in [4.78, 5) is 12.4. The minimum Gasteiger partial charge on any atom is -0.506 e. The zero-order valence-electron chi connectivity index (χ0n) is 16.5. The molecule has 0 saturated heterocycles. The van der Waals surface area contributed by atoms with E-state index in [1.54, 1.807) is 16.7 Å². The first-order chi connectivity index (χ1) is 14.2. The molecular weight excluding hydrogens is 451 g/mol. The molecule has 30 heavy (non-hydrogen) atoms. The molecular formula is C19H18Cl2N4O4S. The maximum Gasteiger partial charge on any atom is 0.248 e. The number of hydrogen-bond acceptors (Lipinski definition) is 7. The Bertz CT molecular complexity index is 1370. The van der Waals surface area contributed by atoms with Crippen LogP contribution in [0.3, 0.4) is 0 Å². The van der Waals surface area contributed by atoms with Gasteiger partial charge in [-0.1, -0.05) is 37.0 Å². The summed E-state index contributed by atoms with van der Waals surface area (Å²) in [6, 6.07) is 3.00. The van der Waals surface area contributed by atoms with Gasteiger partial charge in [-0.05, 0) is 6.07 Å². The number of aromatic hydroxyl groups is 1. The van der Waals surface area contributed by atoms with Gasteiger partial charge in [0.25, 0.3) is 0 Å². The van der Waals surface area contributed by atoms with Gasteiger partial charge in [0.05, 0.1) is 17.2 Å². The van der Waals surface area contributed by atoms with E-state index in [0.717, 1.165) is 6.26 Å². The second-order valence-electron chi connectivity index (χ2n) is 5.98. The molecule has 1 aromatic carbocycles. The van der Waals surface area contributed by atoms with Crippen molar-refractivity contribution in [2.24, 2.45) is 0 Å². The second-order valence-corrected chi connectivity index (χ2v) is 8.65. The van der Waals surface area contributed by atoms with E-state index in [-0.39, 0.29) is 26.7 Å². The van der Waals surface area contributed by atoms with Crippen molar-refractivity contribution in [1.29, 1.82) is 0 Å². The maximum absolute atomic E-state index is 11.8. The molecule has 8 nitrogen and oxygen atoms in total. The average molecular weight is 469 g/mol. The molecule has 3 heterocycles. The van der Waals surface area contributed by atoms with Crippen molar-refractivity contribution in [2.75, 3.05) is 13.4 Å². The molecule has 158 valence electrons. The Morgan fingerprint density at radius 1 is 1.10 bits per heavy atom. The number of ether oxygens (including phenoxy) is 1. The van der Waals surface area contributed by atoms with Crippen molar-refractivity contribution < 1.29 is 18.3 Å². The zero-order chi connectivity index (χ0) is 22.2. The average Bonchev–Trinajstić information content (AvgIpc) is 3.21. The van der Waals surface area contributed by atoms with Crippen molar-refractivity contribution in [2.45, 2.75) is 19.0 Å². The van der Waals surface area contributed by atoms with Gasteiger partial charge >= 0.3 is 0 Å². The minimum absolute atomic E-state index is 0.0312. The van der Waals surface area contributed by atoms with Crippen LogP contribution in [0.1, 0.15) is 13.8 Å². The molecule has 0 aliphatic carbocycles. The Morgan fingerprint density at radius 2 is 1.80 bits per heavy atom. The number of sulfone groups is 1. The third kappa shape index (κ3) is 3.64. The number of nitrogens with zero attached hydrogens (tertiary/aromatic N) is 4. The Morgan fingerprint density at radius 3 is 2.43 bits per heavy atom. The number of pyridine rings is 1. The molecule has 4 aromatic rings. The van der Waals surface area contributed by atoms with Gasteiger partial charge in [-0.15, -0.1) is 0 Å². The molecule has 0 aliphatic heterocycles. The molecule has 0 fully saturated rings. The van der Waals surface area contributed by atoms with Crippen LogP contribution in [0.25, 0.3) is 27.8 Å². The normalized spacial score (nSPS) is 11.4. The van der Waals surface area contributed by atoms with Gasteiger partial charge in [0.15, 0.2) is 0 Å². The van der Waals surface area contributed by atoms with E-state index in [9.17, 15) is 13.5 Å². The topological polar surface area (TPSA) is 107 Å². The van der Waals surface area contributed by atoms with Gasteiger partial charge in [0.1, 0.15) is 22.8 Å². The van der Waals surface area contributed by atoms with Gasteiger partial charge in [-0.25, -0.2) is 18.4 Å². The number of halogens is 2. The predicted octanol–water partition coefficient (Wildman–Crippen LogP) is 4.40. The summed E-state index contributed by atoms with van der Waals surface area (Å²) in [5.74, 6) is 0.0402. The number of imidazole rings is 1. The SMILES string of the molecule is CC.COc1cc(O)c(Cl)c(-c2cc3cnc(S(C)(=O)=O)nc3n3ccnc23)c1Cl. The Balaban J connectivity index is 0.00000124. The van der Waals surface area contributed by atoms with Crippen LogP contribution >= 0.6 is 23.2 Å². The van der Waals surface area contributed by atoms with Crippen LogP contribution in [0, 0.1) is 0 Å². The number of methoxy groups -OCH3 is 1. The van der Waals surface area contributed by atoms with Gasteiger partial charge in [0.2, 0.25) is 15.0 Å². The van der Waals surface area contributed by atoms with Crippen molar-refractivity contribution in [3.8, 4) is 22.6 Å². The van der Waals surface area contributed by atoms with Gasteiger partial charge in [-0.2, -0.15) is 4.98 Å². The molecule has 0 amide bonds. The Kier molecular flexibility index (Phi) is 6.07. The van der Waals surface area contributed by atoms with E-state index < -0.39 is 9.84 Å². The van der Waals surface area contributed by atoms with Crippen LogP contribution < -0.4 is 4.74 Å². The number of fused-ring (bicyclic) bond motifs is 3. The number of aromatic nitrogens is 4. The first-order valence-corrected chi connectivity index (χ1v) is 11.4. The lowest BCUT2D eigenvalue weighted by Gasteiger charge is -2.14.